The maximum absolute atomic E-state index is 12.3. The first kappa shape index (κ1) is 19.7. The molecule has 0 saturated heterocycles. The van der Waals surface area contributed by atoms with Crippen LogP contribution >= 0.6 is 0 Å². The molecule has 2 amide bonds. The van der Waals surface area contributed by atoms with Crippen molar-refractivity contribution in [2.45, 2.75) is 60.3 Å². The summed E-state index contributed by atoms with van der Waals surface area (Å²) in [6, 6.07) is -0.156. The molecule has 0 radical (unpaired) electrons. The highest BCUT2D eigenvalue weighted by molar-refractivity contribution is 5.78. The number of aliphatic carboxylic acids is 1. The predicted molar refractivity (Wildman–Crippen MR) is 85.4 cm³/mol. The molecule has 0 unspecified atom stereocenters. The maximum atomic E-state index is 12.3. The van der Waals surface area contributed by atoms with E-state index in [1.54, 1.807) is 4.90 Å². The Morgan fingerprint density at radius 1 is 1.10 bits per heavy atom. The van der Waals surface area contributed by atoms with Gasteiger partial charge in [-0.25, -0.2) is 4.79 Å². The molecule has 0 heterocycles. The lowest BCUT2D eigenvalue weighted by molar-refractivity contribution is -0.149. The molecule has 0 bridgehead atoms. The van der Waals surface area contributed by atoms with Crippen molar-refractivity contribution in [2.75, 3.05) is 19.6 Å². The van der Waals surface area contributed by atoms with Crippen molar-refractivity contribution in [3.05, 3.63) is 0 Å². The summed E-state index contributed by atoms with van der Waals surface area (Å²) in [5.41, 5.74) is -0.857. The lowest BCUT2D eigenvalue weighted by Crippen LogP contribution is -2.48. The molecule has 0 aliphatic carbocycles. The first-order valence-electron chi connectivity index (χ1n) is 8.16. The van der Waals surface area contributed by atoms with Gasteiger partial charge in [-0.05, 0) is 25.7 Å². The van der Waals surface area contributed by atoms with Crippen molar-refractivity contribution in [1.82, 2.24) is 10.2 Å². The number of hydrogen-bond acceptors (Lipinski definition) is 2. The molecule has 2 N–H and O–H groups in total. The van der Waals surface area contributed by atoms with Crippen LogP contribution < -0.4 is 5.32 Å². The molecule has 0 fully saturated rings. The molecule has 0 atom stereocenters. The fraction of sp³-hybridized carbons (Fsp3) is 0.875. The van der Waals surface area contributed by atoms with Gasteiger partial charge in [-0.15, -0.1) is 0 Å². The largest absolute Gasteiger partial charge is 0.481 e. The zero-order chi connectivity index (χ0) is 16.5. The number of amides is 2. The van der Waals surface area contributed by atoms with Crippen LogP contribution in [0.2, 0.25) is 0 Å². The van der Waals surface area contributed by atoms with Gasteiger partial charge >= 0.3 is 12.0 Å². The molecule has 5 heteroatoms. The van der Waals surface area contributed by atoms with Crippen molar-refractivity contribution in [3.8, 4) is 0 Å². The zero-order valence-electron chi connectivity index (χ0n) is 14.2. The van der Waals surface area contributed by atoms with Crippen LogP contribution in [-0.4, -0.2) is 41.6 Å². The highest BCUT2D eigenvalue weighted by atomic mass is 16.4. The minimum absolute atomic E-state index is 0.156. The summed E-state index contributed by atoms with van der Waals surface area (Å²) < 4.78 is 0. The van der Waals surface area contributed by atoms with Gasteiger partial charge in [0, 0.05) is 19.6 Å². The third-order valence-corrected chi connectivity index (χ3v) is 4.69. The number of carbonyl (C=O) groups is 2. The van der Waals surface area contributed by atoms with Gasteiger partial charge < -0.3 is 15.3 Å². The average molecular weight is 300 g/mol. The number of hydrogen-bond donors (Lipinski definition) is 2. The summed E-state index contributed by atoms with van der Waals surface area (Å²) in [5.74, 6) is -0.340. The average Bonchev–Trinajstić information content (AvgIpc) is 2.49. The Morgan fingerprint density at radius 3 is 1.95 bits per heavy atom. The van der Waals surface area contributed by atoms with Gasteiger partial charge in [0.05, 0.1) is 5.41 Å². The van der Waals surface area contributed by atoms with Gasteiger partial charge in [0.2, 0.25) is 0 Å². The first-order chi connectivity index (χ1) is 9.90. The fourth-order valence-corrected chi connectivity index (χ4v) is 2.45. The molecular formula is C16H32N2O3. The van der Waals surface area contributed by atoms with Crippen molar-refractivity contribution in [1.29, 1.82) is 0 Å². The van der Waals surface area contributed by atoms with Gasteiger partial charge in [0.25, 0.3) is 0 Å². The fourth-order valence-electron chi connectivity index (χ4n) is 2.45. The van der Waals surface area contributed by atoms with Crippen molar-refractivity contribution in [2.24, 2.45) is 11.3 Å². The van der Waals surface area contributed by atoms with E-state index in [1.165, 1.54) is 0 Å². The monoisotopic (exact) mass is 300 g/mol. The second-order valence-electron chi connectivity index (χ2n) is 5.67. The van der Waals surface area contributed by atoms with Crippen LogP contribution in [0.25, 0.3) is 0 Å². The Hall–Kier alpha value is -1.26. The summed E-state index contributed by atoms with van der Waals surface area (Å²) in [6.45, 7) is 11.5. The van der Waals surface area contributed by atoms with E-state index in [9.17, 15) is 14.7 Å². The van der Waals surface area contributed by atoms with Gasteiger partial charge in [-0.1, -0.05) is 40.5 Å². The standard InChI is InChI=1S/C16H32N2O3/c1-6-13(7-2)11-18(10-5)15(21)17-12-16(8-3,9-4)14(19)20/h13H,6-12H2,1-5H3,(H,17,21)(H,19,20). The van der Waals surface area contributed by atoms with Gasteiger partial charge in [0.1, 0.15) is 0 Å². The number of carbonyl (C=O) groups excluding carboxylic acids is 1. The second-order valence-corrected chi connectivity index (χ2v) is 5.67. The highest BCUT2D eigenvalue weighted by Crippen LogP contribution is 2.25. The molecular weight excluding hydrogens is 268 g/mol. The van der Waals surface area contributed by atoms with Crippen molar-refractivity contribution < 1.29 is 14.7 Å². The van der Waals surface area contributed by atoms with E-state index in [4.69, 9.17) is 0 Å². The summed E-state index contributed by atoms with van der Waals surface area (Å²) >= 11 is 0. The quantitative estimate of drug-likeness (QED) is 0.650. The normalized spacial score (nSPS) is 11.5. The van der Waals surface area contributed by atoms with Crippen LogP contribution in [-0.2, 0) is 4.79 Å². The highest BCUT2D eigenvalue weighted by Gasteiger charge is 2.35. The lowest BCUT2D eigenvalue weighted by Gasteiger charge is -2.30. The molecule has 0 rings (SSSR count). The Kier molecular flexibility index (Phi) is 9.06. The van der Waals surface area contributed by atoms with E-state index < -0.39 is 11.4 Å². The molecule has 0 aromatic rings. The number of nitrogens with zero attached hydrogens (tertiary/aromatic N) is 1. The Morgan fingerprint density at radius 2 is 1.62 bits per heavy atom. The van der Waals surface area contributed by atoms with Crippen LogP contribution in [0.1, 0.15) is 60.3 Å². The van der Waals surface area contributed by atoms with Crippen LogP contribution in [0.4, 0.5) is 4.79 Å². The van der Waals surface area contributed by atoms with Crippen LogP contribution in [0.5, 0.6) is 0 Å². The maximum Gasteiger partial charge on any atom is 0.317 e. The minimum atomic E-state index is -0.857. The molecule has 0 saturated carbocycles. The number of carboxylic acids is 1. The molecule has 124 valence electrons. The topological polar surface area (TPSA) is 69.6 Å². The molecule has 0 aromatic heterocycles. The summed E-state index contributed by atoms with van der Waals surface area (Å²) in [7, 11) is 0. The van der Waals surface area contributed by atoms with Gasteiger partial charge in [0.15, 0.2) is 0 Å². The number of urea groups is 1. The van der Waals surface area contributed by atoms with Crippen molar-refractivity contribution >= 4 is 12.0 Å². The molecule has 0 aliphatic rings. The van der Waals surface area contributed by atoms with Gasteiger partial charge in [-0.2, -0.15) is 0 Å². The third-order valence-electron chi connectivity index (χ3n) is 4.69. The van der Waals surface area contributed by atoms with E-state index in [2.05, 4.69) is 19.2 Å². The zero-order valence-corrected chi connectivity index (χ0v) is 14.2. The SMILES string of the molecule is CCC(CC)CN(CC)C(=O)NCC(CC)(CC)C(=O)O. The summed E-state index contributed by atoms with van der Waals surface area (Å²) in [4.78, 5) is 25.5. The van der Waals surface area contributed by atoms with Crippen molar-refractivity contribution in [3.63, 3.8) is 0 Å². The molecule has 0 aliphatic heterocycles. The molecule has 5 nitrogen and oxygen atoms in total. The molecule has 0 spiro atoms. The third kappa shape index (κ3) is 5.56. The Balaban J connectivity index is 4.67. The van der Waals surface area contributed by atoms with E-state index in [1.807, 2.05) is 20.8 Å². The van der Waals surface area contributed by atoms with E-state index in [0.717, 1.165) is 19.4 Å². The van der Waals surface area contributed by atoms with E-state index in [0.29, 0.717) is 25.3 Å². The smallest absolute Gasteiger partial charge is 0.317 e. The van der Waals surface area contributed by atoms with E-state index >= 15 is 0 Å². The van der Waals surface area contributed by atoms with E-state index in [-0.39, 0.29) is 12.6 Å². The summed E-state index contributed by atoms with van der Waals surface area (Å²) in [5, 5.41) is 12.2. The molecule has 21 heavy (non-hydrogen) atoms. The van der Waals surface area contributed by atoms with Crippen LogP contribution in [0, 0.1) is 11.3 Å². The van der Waals surface area contributed by atoms with Gasteiger partial charge in [-0.3, -0.25) is 4.79 Å². The van der Waals surface area contributed by atoms with Crippen LogP contribution in [0.15, 0.2) is 0 Å². The Bertz CT molecular complexity index is 323. The minimum Gasteiger partial charge on any atom is -0.481 e. The summed E-state index contributed by atoms with van der Waals surface area (Å²) in [6.07, 6.45) is 3.11. The number of rotatable bonds is 10. The van der Waals surface area contributed by atoms with Crippen LogP contribution in [0.3, 0.4) is 0 Å². The predicted octanol–water partition coefficient (Wildman–Crippen LogP) is 3.35. The molecule has 0 aromatic carbocycles. The second kappa shape index (κ2) is 9.64. The Labute approximate surface area is 129 Å². The first-order valence-corrected chi connectivity index (χ1v) is 8.16. The number of nitrogens with one attached hydrogen (secondary N) is 1. The number of carboxylic acid groups (broad SMARTS) is 1. The lowest BCUT2D eigenvalue weighted by atomic mass is 9.82.